The fraction of sp³-hybridized carbons (Fsp3) is 0.176. The van der Waals surface area contributed by atoms with Gasteiger partial charge < -0.3 is 6.92 Å². The van der Waals surface area contributed by atoms with Gasteiger partial charge in [-0.3, -0.25) is 6.92 Å². The first-order chi connectivity index (χ1) is 8.33. The summed E-state index contributed by atoms with van der Waals surface area (Å²) in [5, 5.41) is 0. The molecular weight excluding hydrogens is 204 g/mol. The lowest BCUT2D eigenvalue weighted by Gasteiger charge is -1.71. The smallest absolute Gasteiger partial charge is 0.0587 e. The van der Waals surface area contributed by atoms with Crippen LogP contribution in [0.25, 0.3) is 0 Å². The highest BCUT2D eigenvalue weighted by Crippen LogP contribution is 1.75. The Kier molecular flexibility index (Phi) is 3340. The first-order valence-corrected chi connectivity index (χ1v) is 5.00. The van der Waals surface area contributed by atoms with Gasteiger partial charge in [0.05, 0.1) is 13.3 Å². The van der Waals surface area contributed by atoms with Crippen molar-refractivity contribution in [3.8, 4) is 0 Å². The molecule has 0 saturated heterocycles. The van der Waals surface area contributed by atoms with E-state index in [1.54, 1.807) is 0 Å². The molecule has 0 fully saturated rings. The largest absolute Gasteiger partial charge is 0.339 e. The van der Waals surface area contributed by atoms with E-state index >= 15 is 0 Å². The van der Waals surface area contributed by atoms with E-state index in [0.717, 1.165) is 19.3 Å². The van der Waals surface area contributed by atoms with Gasteiger partial charge in [0.1, 0.15) is 0 Å². The van der Waals surface area contributed by atoms with Crippen molar-refractivity contribution in [2.24, 2.45) is 0 Å². The Bertz CT molecular complexity index is 34.4. The summed E-state index contributed by atoms with van der Waals surface area (Å²) in [6.45, 7) is 43.8. The van der Waals surface area contributed by atoms with Gasteiger partial charge in [0, 0.05) is 6.92 Å². The Morgan fingerprint density at radius 2 is 0.647 bits per heavy atom. The maximum atomic E-state index is 3.54. The third-order valence-electron chi connectivity index (χ3n) is 0.250. The number of rotatable bonds is 1. The number of hydrogen-bond donors (Lipinski definition) is 0. The molecule has 0 N–H and O–H groups in total. The molecule has 0 aliphatic rings. The van der Waals surface area contributed by atoms with E-state index in [1.807, 2.05) is 0 Å². The summed E-state index contributed by atoms with van der Waals surface area (Å²) in [5.41, 5.74) is 0. The lowest BCUT2D eigenvalue weighted by Crippen LogP contribution is -1.49. The Morgan fingerprint density at radius 3 is 0.647 bits per heavy atom. The highest BCUT2D eigenvalue weighted by atomic mass is 13.6. The molecule has 0 heteroatoms. The van der Waals surface area contributed by atoms with Gasteiger partial charge in [-0.05, 0) is 6.42 Å². The second kappa shape index (κ2) is 1260. The van der Waals surface area contributed by atoms with Crippen molar-refractivity contribution in [1.29, 1.82) is 0 Å². The molecule has 0 aliphatic carbocycles. The van der Waals surface area contributed by atoms with E-state index in [-0.39, 0.29) is 0 Å². The summed E-state index contributed by atoms with van der Waals surface area (Å²) in [6, 6.07) is 0. The zero-order valence-corrected chi connectivity index (χ0v) is 12.0. The molecule has 0 spiro atoms. The van der Waals surface area contributed by atoms with E-state index in [0.29, 0.717) is 0 Å². The maximum absolute atomic E-state index is 3.54. The van der Waals surface area contributed by atoms with Crippen molar-refractivity contribution in [3.05, 3.63) is 93.5 Å². The molecule has 17 heavy (non-hydrogen) atoms. The molecule has 0 bridgehead atoms. The van der Waals surface area contributed by atoms with E-state index in [9.17, 15) is 0 Å². The van der Waals surface area contributed by atoms with Gasteiger partial charge in [0.15, 0.2) is 0 Å². The molecule has 0 aromatic heterocycles. The van der Waals surface area contributed by atoms with Crippen LogP contribution in [0.4, 0.5) is 0 Å². The lowest BCUT2D eigenvalue weighted by atomic mass is 10.4. The van der Waals surface area contributed by atoms with Crippen LogP contribution in [0.5, 0.6) is 0 Å². The molecule has 0 atom stereocenters. The van der Waals surface area contributed by atoms with Crippen LogP contribution >= 0.6 is 0 Å². The monoisotopic (exact) mass is 238 g/mol. The molecule has 0 heterocycles. The zero-order valence-electron chi connectivity index (χ0n) is 12.0. The fourth-order valence-electron chi connectivity index (χ4n) is 0. The van der Waals surface area contributed by atoms with Crippen molar-refractivity contribution in [1.82, 2.24) is 0 Å². The molecule has 0 radical (unpaired) electrons. The second-order valence-electron chi connectivity index (χ2n) is 1.06. The van der Waals surface area contributed by atoms with Crippen LogP contribution in [0.15, 0.2) is 65.8 Å². The van der Waals surface area contributed by atoms with Crippen molar-refractivity contribution < 1.29 is 0 Å². The van der Waals surface area contributed by atoms with Crippen molar-refractivity contribution >= 4 is 0 Å². The summed E-state index contributed by atoms with van der Waals surface area (Å²) in [6.07, 6.45) is 2.67. The molecule has 0 nitrogen and oxygen atoms in total. The molecule has 0 unspecified atom stereocenters. The van der Waals surface area contributed by atoms with Gasteiger partial charge in [-0.2, -0.15) is 0 Å². The molecule has 102 valence electrons. The minimum absolute atomic E-state index is 0.750. The van der Waals surface area contributed by atoms with E-state index < -0.39 is 0 Å². The number of unbranched alkanes of at least 4 members (excludes halogenated alkanes) is 1. The molecule has 0 aliphatic heterocycles. The fourth-order valence-corrected chi connectivity index (χ4v) is 0. The van der Waals surface area contributed by atoms with Crippen molar-refractivity contribution in [2.75, 3.05) is 0 Å². The van der Waals surface area contributed by atoms with Gasteiger partial charge in [-0.15, -0.1) is 72.2 Å². The predicted octanol–water partition coefficient (Wildman–Crippen LogP) is 6.49. The van der Waals surface area contributed by atoms with Gasteiger partial charge in [-0.1, -0.05) is 0 Å². The highest BCUT2D eigenvalue weighted by molar-refractivity contribution is 4.38. The van der Waals surface area contributed by atoms with Crippen LogP contribution in [-0.2, 0) is 0 Å². The average Bonchev–Trinajstić information content (AvgIpc) is 2.50. The predicted molar refractivity (Wildman–Crippen MR) is 91.5 cm³/mol. The average molecular weight is 238 g/mol. The maximum Gasteiger partial charge on any atom is 0.0587 e. The van der Waals surface area contributed by atoms with Crippen LogP contribution in [0.2, 0.25) is 0 Å². The Labute approximate surface area is 113 Å². The third kappa shape index (κ3) is 7130. The summed E-state index contributed by atoms with van der Waals surface area (Å²) in [4.78, 5) is 0. The van der Waals surface area contributed by atoms with Gasteiger partial charge in [0.2, 0.25) is 0 Å². The van der Waals surface area contributed by atoms with Crippen molar-refractivity contribution in [3.63, 3.8) is 0 Å². The van der Waals surface area contributed by atoms with E-state index in [1.165, 1.54) is 0 Å². The Hall–Kier alpha value is -1.56. The van der Waals surface area contributed by atoms with Gasteiger partial charge in [-0.25, -0.2) is 0 Å². The molecule has 0 aromatic rings. The molecule has 0 saturated carbocycles. The first kappa shape index (κ1) is 45.2. The van der Waals surface area contributed by atoms with Crippen LogP contribution in [0, 0.1) is 27.7 Å². The summed E-state index contributed by atoms with van der Waals surface area (Å²) in [7, 11) is 0. The first-order valence-electron chi connectivity index (χ1n) is 5.00. The molecule has 0 aromatic carbocycles. The van der Waals surface area contributed by atoms with Crippen LogP contribution in [0.1, 0.15) is 19.3 Å². The lowest BCUT2D eigenvalue weighted by molar-refractivity contribution is 1.05. The Balaban J connectivity index is -0.0000000141. The third-order valence-corrected chi connectivity index (χ3v) is 0.250. The molecule has 0 rings (SSSR count). The van der Waals surface area contributed by atoms with Crippen LogP contribution in [0.3, 0.4) is 0 Å². The highest BCUT2D eigenvalue weighted by Gasteiger charge is 1.57. The molecular formula is C17H34. The Morgan fingerprint density at radius 1 is 0.588 bits per heavy atom. The summed E-state index contributed by atoms with van der Waals surface area (Å²) < 4.78 is 0. The summed E-state index contributed by atoms with van der Waals surface area (Å²) in [5.74, 6) is 0. The minimum atomic E-state index is 0.750. The van der Waals surface area contributed by atoms with Crippen LogP contribution in [-0.4, -0.2) is 0 Å². The second-order valence-corrected chi connectivity index (χ2v) is 1.06. The number of hydrogen-bond acceptors (Lipinski definition) is 0. The SMILES string of the molecule is C=C.C=C.C=C.C=C.C=C.[CH2+]CC[CH2-].[CH2+]C[CH2-]. The van der Waals surface area contributed by atoms with E-state index in [2.05, 4.69) is 93.5 Å². The van der Waals surface area contributed by atoms with Gasteiger partial charge in [0.25, 0.3) is 0 Å². The van der Waals surface area contributed by atoms with E-state index in [4.69, 9.17) is 0 Å². The van der Waals surface area contributed by atoms with Crippen molar-refractivity contribution in [2.45, 2.75) is 19.3 Å². The standard InChI is InChI=1S/C4H8.C3H6.5C2H4/c1-3-4-2;1-3-2;5*1-2/h1-4H2;1-3H2;5*1-2H2. The molecule has 0 amide bonds. The summed E-state index contributed by atoms with van der Waals surface area (Å²) >= 11 is 0. The van der Waals surface area contributed by atoms with Gasteiger partial charge >= 0.3 is 0 Å². The topological polar surface area (TPSA) is 0 Å². The zero-order chi connectivity index (χ0) is 16.1. The van der Waals surface area contributed by atoms with Crippen LogP contribution < -0.4 is 0 Å². The quantitative estimate of drug-likeness (QED) is 0.362. The normalized spacial score (nSPS) is 3.88. The minimum Gasteiger partial charge on any atom is -0.339 e.